The molecule has 0 spiro atoms. The van der Waals surface area contributed by atoms with Crippen LogP contribution in [0.4, 0.5) is 4.79 Å². The van der Waals surface area contributed by atoms with Gasteiger partial charge in [0.2, 0.25) is 0 Å². The highest BCUT2D eigenvalue weighted by molar-refractivity contribution is 14.1. The van der Waals surface area contributed by atoms with Crippen molar-refractivity contribution in [3.63, 3.8) is 0 Å². The number of ether oxygens (including phenoxy) is 1. The Morgan fingerprint density at radius 1 is 1.30 bits per heavy atom. The molecule has 0 aromatic heterocycles. The van der Waals surface area contributed by atoms with Gasteiger partial charge >= 0.3 is 6.09 Å². The number of halogens is 1. The first-order valence-corrected chi connectivity index (χ1v) is 8.71. The highest BCUT2D eigenvalue weighted by Crippen LogP contribution is 2.14. The highest BCUT2D eigenvalue weighted by Gasteiger charge is 2.05. The Hall–Kier alpha value is -0.820. The van der Waals surface area contributed by atoms with E-state index in [4.69, 9.17) is 4.74 Å². The number of hydrogen-bond donors (Lipinski definition) is 1. The molecule has 1 amide bonds. The van der Waals surface area contributed by atoms with Crippen molar-refractivity contribution in [2.45, 2.75) is 25.8 Å². The minimum Gasteiger partial charge on any atom is -0.410 e. The van der Waals surface area contributed by atoms with Gasteiger partial charge < -0.3 is 15.0 Å². The van der Waals surface area contributed by atoms with Crippen molar-refractivity contribution >= 4 is 28.7 Å². The summed E-state index contributed by atoms with van der Waals surface area (Å²) in [5, 5.41) is 2.41. The second-order valence-electron chi connectivity index (χ2n) is 4.63. The van der Waals surface area contributed by atoms with E-state index in [9.17, 15) is 4.79 Å². The van der Waals surface area contributed by atoms with Crippen LogP contribution in [0.1, 0.15) is 18.9 Å². The maximum atomic E-state index is 11.0. The summed E-state index contributed by atoms with van der Waals surface area (Å²) in [4.78, 5) is 15.2. The van der Waals surface area contributed by atoms with E-state index in [2.05, 4.69) is 53.8 Å². The Labute approximate surface area is 136 Å². The van der Waals surface area contributed by atoms with Crippen molar-refractivity contribution < 1.29 is 9.53 Å². The van der Waals surface area contributed by atoms with E-state index in [1.165, 1.54) is 5.56 Å². The Morgan fingerprint density at radius 2 is 1.85 bits per heavy atom. The topological polar surface area (TPSA) is 41.6 Å². The number of nitrogens with zero attached hydrogens (tertiary/aromatic N) is 1. The standard InChI is InChI=1S/C14H22N2O2.CH3I/c1-11(16(3)4)5-6-12-7-9-13(10-8-12)18-14(17)15-2;1-2/h7-11H,5-6H2,1-4H3,(H,15,17);1H3. The average molecular weight is 392 g/mol. The zero-order valence-corrected chi connectivity index (χ0v) is 15.1. The molecule has 0 aliphatic rings. The summed E-state index contributed by atoms with van der Waals surface area (Å²) in [6.45, 7) is 2.21. The zero-order chi connectivity index (χ0) is 15.5. The van der Waals surface area contributed by atoms with Crippen LogP contribution in [-0.2, 0) is 6.42 Å². The largest absolute Gasteiger partial charge is 0.412 e. The van der Waals surface area contributed by atoms with Gasteiger partial charge in [-0.3, -0.25) is 0 Å². The highest BCUT2D eigenvalue weighted by atomic mass is 127. The summed E-state index contributed by atoms with van der Waals surface area (Å²) in [7, 11) is 5.72. The molecule has 114 valence electrons. The zero-order valence-electron chi connectivity index (χ0n) is 12.9. The molecule has 20 heavy (non-hydrogen) atoms. The van der Waals surface area contributed by atoms with Crippen LogP contribution in [-0.4, -0.2) is 43.1 Å². The normalized spacial score (nSPS) is 11.3. The van der Waals surface area contributed by atoms with Crippen LogP contribution in [0.15, 0.2) is 24.3 Å². The number of nitrogens with one attached hydrogen (secondary N) is 1. The summed E-state index contributed by atoms with van der Waals surface area (Å²) in [5.74, 6) is 0.568. The van der Waals surface area contributed by atoms with Gasteiger partial charge in [0, 0.05) is 13.1 Å². The summed E-state index contributed by atoms with van der Waals surface area (Å²) >= 11 is 2.15. The van der Waals surface area contributed by atoms with Crippen molar-refractivity contribution in [2.75, 3.05) is 26.1 Å². The number of alkyl halides is 1. The molecular weight excluding hydrogens is 367 g/mol. The minimum absolute atomic E-state index is 0.441. The van der Waals surface area contributed by atoms with E-state index in [-0.39, 0.29) is 0 Å². The lowest BCUT2D eigenvalue weighted by Gasteiger charge is -2.19. The number of hydrogen-bond acceptors (Lipinski definition) is 3. The first-order chi connectivity index (χ1) is 9.52. The quantitative estimate of drug-likeness (QED) is 0.618. The Balaban J connectivity index is 0.00000172. The Kier molecular flexibility index (Phi) is 10.5. The summed E-state index contributed by atoms with van der Waals surface area (Å²) in [5.41, 5.74) is 1.26. The van der Waals surface area contributed by atoms with Gasteiger partial charge in [0.1, 0.15) is 5.75 Å². The molecule has 1 aromatic carbocycles. The van der Waals surface area contributed by atoms with Crippen LogP contribution in [0.25, 0.3) is 0 Å². The second-order valence-corrected chi connectivity index (χ2v) is 4.63. The molecule has 1 aromatic rings. The monoisotopic (exact) mass is 392 g/mol. The lowest BCUT2D eigenvalue weighted by molar-refractivity contribution is 0.203. The first-order valence-electron chi connectivity index (χ1n) is 6.55. The lowest BCUT2D eigenvalue weighted by atomic mass is 10.1. The first kappa shape index (κ1) is 19.2. The molecular formula is C15H25IN2O2. The van der Waals surface area contributed by atoms with Crippen molar-refractivity contribution in [3.8, 4) is 5.75 Å². The fourth-order valence-corrected chi connectivity index (χ4v) is 1.52. The fraction of sp³-hybridized carbons (Fsp3) is 0.533. The molecule has 1 N–H and O–H groups in total. The van der Waals surface area contributed by atoms with Crippen LogP contribution in [0, 0.1) is 0 Å². The van der Waals surface area contributed by atoms with Gasteiger partial charge in [-0.25, -0.2) is 4.79 Å². The summed E-state index contributed by atoms with van der Waals surface area (Å²) in [6.07, 6.45) is 1.70. The molecule has 1 atom stereocenters. The number of aryl methyl sites for hydroxylation is 1. The van der Waals surface area contributed by atoms with E-state index >= 15 is 0 Å². The number of amides is 1. The third-order valence-corrected chi connectivity index (χ3v) is 3.07. The van der Waals surface area contributed by atoms with Crippen LogP contribution in [0.2, 0.25) is 0 Å². The number of carbonyl (C=O) groups excluding carboxylic acids is 1. The second kappa shape index (κ2) is 10.9. The van der Waals surface area contributed by atoms with E-state index in [1.807, 2.05) is 29.2 Å². The molecule has 0 aliphatic carbocycles. The molecule has 1 rings (SSSR count). The Morgan fingerprint density at radius 3 is 2.30 bits per heavy atom. The van der Waals surface area contributed by atoms with Gasteiger partial charge in [0.05, 0.1) is 0 Å². The Bertz CT molecular complexity index is 380. The molecule has 0 heterocycles. The van der Waals surface area contributed by atoms with Crippen molar-refractivity contribution in [1.29, 1.82) is 0 Å². The molecule has 4 nitrogen and oxygen atoms in total. The van der Waals surface area contributed by atoms with E-state index in [0.717, 1.165) is 12.8 Å². The molecule has 0 aliphatic heterocycles. The maximum absolute atomic E-state index is 11.0. The smallest absolute Gasteiger partial charge is 0.410 e. The van der Waals surface area contributed by atoms with Crippen molar-refractivity contribution in [2.24, 2.45) is 0 Å². The van der Waals surface area contributed by atoms with Crippen LogP contribution < -0.4 is 10.1 Å². The maximum Gasteiger partial charge on any atom is 0.412 e. The fourth-order valence-electron chi connectivity index (χ4n) is 1.52. The number of carbonyl (C=O) groups is 1. The van der Waals surface area contributed by atoms with E-state index < -0.39 is 6.09 Å². The van der Waals surface area contributed by atoms with E-state index in [1.54, 1.807) is 7.05 Å². The predicted molar refractivity (Wildman–Crippen MR) is 92.9 cm³/mol. The minimum atomic E-state index is -0.441. The van der Waals surface area contributed by atoms with Gasteiger partial charge in [-0.2, -0.15) is 0 Å². The summed E-state index contributed by atoms with van der Waals surface area (Å²) in [6, 6.07) is 8.21. The van der Waals surface area contributed by atoms with Crippen LogP contribution in [0.3, 0.4) is 0 Å². The number of benzene rings is 1. The van der Waals surface area contributed by atoms with Crippen LogP contribution in [0.5, 0.6) is 5.75 Å². The average Bonchev–Trinajstić information content (AvgIpc) is 2.48. The molecule has 1 unspecified atom stereocenters. The number of rotatable bonds is 5. The van der Waals surface area contributed by atoms with Gasteiger partial charge in [0.15, 0.2) is 0 Å². The SMILES string of the molecule is CI.CNC(=O)Oc1ccc(CCC(C)N(C)C)cc1. The van der Waals surface area contributed by atoms with Gasteiger partial charge in [-0.1, -0.05) is 34.7 Å². The molecule has 0 saturated heterocycles. The van der Waals surface area contributed by atoms with Crippen LogP contribution >= 0.6 is 22.6 Å². The summed E-state index contributed by atoms with van der Waals surface area (Å²) < 4.78 is 5.02. The van der Waals surface area contributed by atoms with Crippen molar-refractivity contribution in [3.05, 3.63) is 29.8 Å². The third kappa shape index (κ3) is 7.69. The molecule has 5 heteroatoms. The van der Waals surface area contributed by atoms with Crippen molar-refractivity contribution in [1.82, 2.24) is 10.2 Å². The van der Waals surface area contributed by atoms with E-state index in [0.29, 0.717) is 11.8 Å². The van der Waals surface area contributed by atoms with Gasteiger partial charge in [0.25, 0.3) is 0 Å². The lowest BCUT2D eigenvalue weighted by Crippen LogP contribution is -2.24. The molecule has 0 fully saturated rings. The predicted octanol–water partition coefficient (Wildman–Crippen LogP) is 3.34. The third-order valence-electron chi connectivity index (χ3n) is 3.07. The van der Waals surface area contributed by atoms with Gasteiger partial charge in [-0.05, 0) is 56.5 Å². The molecule has 0 bridgehead atoms. The molecule has 0 saturated carbocycles. The van der Waals surface area contributed by atoms with Gasteiger partial charge in [-0.15, -0.1) is 0 Å². The molecule has 0 radical (unpaired) electrons.